The van der Waals surface area contributed by atoms with Crippen molar-refractivity contribution < 1.29 is 0 Å². The fourth-order valence-corrected chi connectivity index (χ4v) is 6.46. The van der Waals surface area contributed by atoms with Crippen LogP contribution in [-0.2, 0) is 6.54 Å². The maximum absolute atomic E-state index is 9.19. The number of likely N-dealkylation sites (tertiary alicyclic amines) is 1. The highest BCUT2D eigenvalue weighted by atomic mass is 32.1. The molecule has 7 heteroatoms. The molecule has 6 nitrogen and oxygen atoms in total. The Labute approximate surface area is 205 Å². The highest BCUT2D eigenvalue weighted by Crippen LogP contribution is 2.38. The fourth-order valence-electron chi connectivity index (χ4n) is 5.32. The van der Waals surface area contributed by atoms with Gasteiger partial charge in [-0.2, -0.15) is 10.4 Å². The average Bonchev–Trinajstić information content (AvgIpc) is 3.67. The second kappa shape index (κ2) is 8.05. The number of hydrogen-bond acceptors (Lipinski definition) is 5. The smallest absolute Gasteiger partial charge is 0.116 e. The third-order valence-electron chi connectivity index (χ3n) is 7.03. The van der Waals surface area contributed by atoms with E-state index in [1.165, 1.54) is 27.1 Å². The number of nitriles is 1. The van der Waals surface area contributed by atoms with Gasteiger partial charge in [-0.1, -0.05) is 24.3 Å². The van der Waals surface area contributed by atoms with Gasteiger partial charge in [0, 0.05) is 22.8 Å². The second-order valence-electron chi connectivity index (χ2n) is 9.15. The first-order chi connectivity index (χ1) is 17.3. The van der Waals surface area contributed by atoms with Crippen LogP contribution in [0.4, 0.5) is 0 Å². The number of benzene rings is 3. The molecular formula is C28H22N6S. The lowest BCUT2D eigenvalue weighted by atomic mass is 10.1. The quantitative estimate of drug-likeness (QED) is 0.304. The molecule has 3 aromatic carbocycles. The highest BCUT2D eigenvalue weighted by Gasteiger charge is 2.29. The van der Waals surface area contributed by atoms with Crippen molar-refractivity contribution in [3.8, 4) is 17.5 Å². The van der Waals surface area contributed by atoms with Gasteiger partial charge in [-0.15, -0.1) is 11.3 Å². The summed E-state index contributed by atoms with van der Waals surface area (Å²) in [5.41, 5.74) is 6.87. The van der Waals surface area contributed by atoms with E-state index in [4.69, 9.17) is 4.98 Å². The number of hydrogen-bond donors (Lipinski definition) is 2. The topological polar surface area (TPSA) is 84.4 Å². The molecule has 1 saturated heterocycles. The summed E-state index contributed by atoms with van der Waals surface area (Å²) in [5.74, 6) is 0. The summed E-state index contributed by atoms with van der Waals surface area (Å²) in [6, 6.07) is 25.3. The maximum Gasteiger partial charge on any atom is 0.116 e. The number of H-pyrrole nitrogens is 2. The Balaban J connectivity index is 1.23. The zero-order valence-electron chi connectivity index (χ0n) is 19.0. The van der Waals surface area contributed by atoms with Crippen LogP contribution in [0.3, 0.4) is 0 Å². The van der Waals surface area contributed by atoms with E-state index >= 15 is 0 Å². The minimum Gasteiger partial charge on any atom is -0.353 e. The Morgan fingerprint density at radius 1 is 1.03 bits per heavy atom. The van der Waals surface area contributed by atoms with Gasteiger partial charge in [-0.25, -0.2) is 4.98 Å². The lowest BCUT2D eigenvalue weighted by Gasteiger charge is -2.23. The Kier molecular flexibility index (Phi) is 4.69. The van der Waals surface area contributed by atoms with Gasteiger partial charge in [0.25, 0.3) is 0 Å². The lowest BCUT2D eigenvalue weighted by Crippen LogP contribution is -2.22. The fraction of sp³-hybridized carbons (Fsp3) is 0.179. The van der Waals surface area contributed by atoms with Gasteiger partial charge < -0.3 is 4.98 Å². The number of nitrogens with one attached hydrogen (secondary N) is 2. The minimum atomic E-state index is 0.366. The minimum absolute atomic E-state index is 0.366. The molecule has 170 valence electrons. The molecule has 0 bridgehead atoms. The predicted octanol–water partition coefficient (Wildman–Crippen LogP) is 6.53. The molecule has 3 aromatic heterocycles. The van der Waals surface area contributed by atoms with Crippen molar-refractivity contribution in [1.82, 2.24) is 25.1 Å². The SMILES string of the molecule is N#Cc1ccc2c(-c3cc4c(CN5CCCC5c5nc6ccccc6s5)cccc4[nH]3)n[nH]c2c1. The van der Waals surface area contributed by atoms with Crippen LogP contribution >= 0.6 is 11.3 Å². The number of para-hydroxylation sites is 1. The number of aromatic nitrogens is 4. The van der Waals surface area contributed by atoms with E-state index in [9.17, 15) is 5.26 Å². The standard InChI is InChI=1S/C28H22N6S/c29-15-17-10-11-19-23(13-17)32-33-27(19)24-14-20-18(5-3-7-21(20)30-24)16-34-12-4-8-25(34)28-31-22-6-1-2-9-26(22)35-28/h1-3,5-7,9-11,13-14,25,30H,4,8,12,16H2,(H,32,33). The van der Waals surface area contributed by atoms with Crippen LogP contribution in [0.2, 0.25) is 0 Å². The number of aromatic amines is 2. The van der Waals surface area contributed by atoms with Crippen molar-refractivity contribution in [1.29, 1.82) is 5.26 Å². The molecule has 6 aromatic rings. The van der Waals surface area contributed by atoms with Gasteiger partial charge in [-0.3, -0.25) is 10.00 Å². The summed E-state index contributed by atoms with van der Waals surface area (Å²) < 4.78 is 1.26. The van der Waals surface area contributed by atoms with Crippen molar-refractivity contribution in [3.63, 3.8) is 0 Å². The zero-order chi connectivity index (χ0) is 23.4. The monoisotopic (exact) mass is 474 g/mol. The van der Waals surface area contributed by atoms with Crippen LogP contribution in [0, 0.1) is 11.3 Å². The molecule has 0 aliphatic carbocycles. The van der Waals surface area contributed by atoms with E-state index in [1.54, 1.807) is 0 Å². The molecule has 1 aliphatic heterocycles. The van der Waals surface area contributed by atoms with Gasteiger partial charge in [-0.05, 0) is 67.4 Å². The van der Waals surface area contributed by atoms with Crippen molar-refractivity contribution in [2.24, 2.45) is 0 Å². The van der Waals surface area contributed by atoms with Gasteiger partial charge >= 0.3 is 0 Å². The Morgan fingerprint density at radius 3 is 2.89 bits per heavy atom. The summed E-state index contributed by atoms with van der Waals surface area (Å²) in [7, 11) is 0. The van der Waals surface area contributed by atoms with Gasteiger partial charge in [0.2, 0.25) is 0 Å². The first-order valence-corrected chi connectivity index (χ1v) is 12.7. The number of thiazole rings is 1. The van der Waals surface area contributed by atoms with Crippen molar-refractivity contribution in [2.45, 2.75) is 25.4 Å². The molecule has 35 heavy (non-hydrogen) atoms. The molecule has 0 saturated carbocycles. The lowest BCUT2D eigenvalue weighted by molar-refractivity contribution is 0.249. The number of rotatable bonds is 4. The molecule has 7 rings (SSSR count). The Morgan fingerprint density at radius 2 is 1.97 bits per heavy atom. The molecule has 1 fully saturated rings. The average molecular weight is 475 g/mol. The summed E-state index contributed by atoms with van der Waals surface area (Å²) in [6.07, 6.45) is 2.34. The van der Waals surface area contributed by atoms with Crippen molar-refractivity contribution >= 4 is 43.4 Å². The first-order valence-electron chi connectivity index (χ1n) is 11.9. The Bertz CT molecular complexity index is 1720. The Hall–Kier alpha value is -3.99. The first kappa shape index (κ1) is 20.4. The van der Waals surface area contributed by atoms with E-state index in [0.29, 0.717) is 11.6 Å². The van der Waals surface area contributed by atoms with E-state index in [-0.39, 0.29) is 0 Å². The largest absolute Gasteiger partial charge is 0.353 e. The van der Waals surface area contributed by atoms with E-state index in [0.717, 1.165) is 52.8 Å². The third-order valence-corrected chi connectivity index (χ3v) is 8.17. The molecule has 2 N–H and O–H groups in total. The van der Waals surface area contributed by atoms with Crippen LogP contribution in [0.25, 0.3) is 43.4 Å². The van der Waals surface area contributed by atoms with E-state index in [2.05, 4.69) is 74.7 Å². The summed E-state index contributed by atoms with van der Waals surface area (Å²) in [4.78, 5) is 11.1. The summed E-state index contributed by atoms with van der Waals surface area (Å²) in [6.45, 7) is 1.97. The predicted molar refractivity (Wildman–Crippen MR) is 140 cm³/mol. The third kappa shape index (κ3) is 3.42. The molecule has 1 atom stereocenters. The molecule has 0 amide bonds. The van der Waals surface area contributed by atoms with Crippen molar-refractivity contribution in [3.05, 3.63) is 82.9 Å². The van der Waals surface area contributed by atoms with Crippen LogP contribution < -0.4 is 0 Å². The van der Waals surface area contributed by atoms with Gasteiger partial charge in [0.15, 0.2) is 0 Å². The van der Waals surface area contributed by atoms with E-state index < -0.39 is 0 Å². The highest BCUT2D eigenvalue weighted by molar-refractivity contribution is 7.18. The van der Waals surface area contributed by atoms with E-state index in [1.807, 2.05) is 29.5 Å². The molecule has 0 radical (unpaired) electrons. The molecule has 1 aliphatic rings. The van der Waals surface area contributed by atoms with Crippen LogP contribution in [0.1, 0.15) is 35.0 Å². The maximum atomic E-state index is 9.19. The summed E-state index contributed by atoms with van der Waals surface area (Å²) >= 11 is 1.83. The van der Waals surface area contributed by atoms with Gasteiger partial charge in [0.1, 0.15) is 10.7 Å². The summed E-state index contributed by atoms with van der Waals surface area (Å²) in [5, 5.41) is 20.3. The molecule has 4 heterocycles. The van der Waals surface area contributed by atoms with Crippen LogP contribution in [0.15, 0.2) is 66.7 Å². The number of nitrogens with zero attached hydrogens (tertiary/aromatic N) is 4. The molecular weight excluding hydrogens is 452 g/mol. The van der Waals surface area contributed by atoms with Crippen LogP contribution in [0.5, 0.6) is 0 Å². The molecule has 0 spiro atoms. The van der Waals surface area contributed by atoms with Crippen molar-refractivity contribution in [2.75, 3.05) is 6.54 Å². The normalized spacial score (nSPS) is 16.5. The number of fused-ring (bicyclic) bond motifs is 3. The molecule has 1 unspecified atom stereocenters. The van der Waals surface area contributed by atoms with Gasteiger partial charge in [0.05, 0.1) is 39.1 Å². The van der Waals surface area contributed by atoms with Crippen LogP contribution in [-0.4, -0.2) is 31.6 Å². The second-order valence-corrected chi connectivity index (χ2v) is 10.2. The zero-order valence-corrected chi connectivity index (χ0v) is 19.8.